The van der Waals surface area contributed by atoms with Gasteiger partial charge in [-0.2, -0.15) is 0 Å². The molecular formula is C18H20O6. The van der Waals surface area contributed by atoms with E-state index in [2.05, 4.69) is 0 Å². The molecule has 1 aromatic heterocycles. The summed E-state index contributed by atoms with van der Waals surface area (Å²) in [4.78, 5) is 23.7. The molecule has 0 bridgehead atoms. The summed E-state index contributed by atoms with van der Waals surface area (Å²) in [7, 11) is 1.48. The number of methoxy groups -OCH3 is 1. The van der Waals surface area contributed by atoms with Crippen molar-refractivity contribution in [2.75, 3.05) is 13.7 Å². The first-order valence-corrected chi connectivity index (χ1v) is 7.68. The van der Waals surface area contributed by atoms with E-state index in [1.165, 1.54) is 14.0 Å². The van der Waals surface area contributed by atoms with Gasteiger partial charge < -0.3 is 18.6 Å². The largest absolute Gasteiger partial charge is 0.496 e. The summed E-state index contributed by atoms with van der Waals surface area (Å²) in [5.41, 5.74) is -0.444. The van der Waals surface area contributed by atoms with Gasteiger partial charge in [-0.1, -0.05) is 25.1 Å². The first kappa shape index (κ1) is 17.6. The molecule has 0 saturated carbocycles. The molecule has 6 nitrogen and oxygen atoms in total. The van der Waals surface area contributed by atoms with E-state index in [1.807, 2.05) is 19.1 Å². The van der Waals surface area contributed by atoms with Crippen LogP contribution in [0.3, 0.4) is 0 Å². The Kier molecular flexibility index (Phi) is 6.01. The molecule has 2 rings (SSSR count). The van der Waals surface area contributed by atoms with Crippen LogP contribution in [0.15, 0.2) is 39.6 Å². The molecule has 0 atom stereocenters. The molecule has 0 saturated heterocycles. The minimum Gasteiger partial charge on any atom is -0.496 e. The smallest absolute Gasteiger partial charge is 0.383 e. The van der Waals surface area contributed by atoms with Crippen molar-refractivity contribution < 1.29 is 23.4 Å². The summed E-state index contributed by atoms with van der Waals surface area (Å²) in [6, 6.07) is 4.96. The summed E-state index contributed by atoms with van der Waals surface area (Å²) in [6.07, 6.45) is 5.50. The van der Waals surface area contributed by atoms with Crippen LogP contribution >= 0.6 is 0 Å². The molecule has 128 valence electrons. The molecular weight excluding hydrogens is 312 g/mol. The van der Waals surface area contributed by atoms with Crippen molar-refractivity contribution in [3.05, 3.63) is 40.8 Å². The average Bonchev–Trinajstić information content (AvgIpc) is 2.55. The normalized spacial score (nSPS) is 11.0. The van der Waals surface area contributed by atoms with E-state index in [1.54, 1.807) is 18.2 Å². The second kappa shape index (κ2) is 8.19. The van der Waals surface area contributed by atoms with Gasteiger partial charge in [0, 0.05) is 6.92 Å². The number of ether oxygens (including phenoxy) is 3. The third-order valence-corrected chi connectivity index (χ3v) is 3.21. The third-order valence-electron chi connectivity index (χ3n) is 3.21. The second-order valence-corrected chi connectivity index (χ2v) is 4.99. The molecule has 6 heteroatoms. The highest BCUT2D eigenvalue weighted by Crippen LogP contribution is 2.38. The van der Waals surface area contributed by atoms with Crippen molar-refractivity contribution >= 4 is 16.9 Å². The van der Waals surface area contributed by atoms with E-state index >= 15 is 0 Å². The third kappa shape index (κ3) is 3.95. The van der Waals surface area contributed by atoms with Crippen LogP contribution in [0.2, 0.25) is 0 Å². The molecule has 0 radical (unpaired) electrons. The van der Waals surface area contributed by atoms with Gasteiger partial charge in [0.15, 0.2) is 5.75 Å². The van der Waals surface area contributed by atoms with Crippen LogP contribution in [0.4, 0.5) is 0 Å². The SMILES string of the molecule is CCC=CCCOc1c(OC(C)=O)c2c(OC)cccc2oc1=O. The van der Waals surface area contributed by atoms with Crippen molar-refractivity contribution in [1.29, 1.82) is 0 Å². The highest BCUT2D eigenvalue weighted by Gasteiger charge is 2.22. The molecule has 2 aromatic rings. The van der Waals surface area contributed by atoms with Crippen LogP contribution in [0.25, 0.3) is 11.0 Å². The number of allylic oxidation sites excluding steroid dienone is 1. The van der Waals surface area contributed by atoms with E-state index in [9.17, 15) is 9.59 Å². The second-order valence-electron chi connectivity index (χ2n) is 4.99. The van der Waals surface area contributed by atoms with Crippen LogP contribution < -0.4 is 19.8 Å². The fourth-order valence-electron chi connectivity index (χ4n) is 2.22. The lowest BCUT2D eigenvalue weighted by atomic mass is 10.2. The molecule has 24 heavy (non-hydrogen) atoms. The maximum Gasteiger partial charge on any atom is 0.383 e. The van der Waals surface area contributed by atoms with Crippen molar-refractivity contribution in [3.8, 4) is 17.2 Å². The number of rotatable bonds is 7. The lowest BCUT2D eigenvalue weighted by molar-refractivity contribution is -0.131. The van der Waals surface area contributed by atoms with E-state index in [-0.39, 0.29) is 23.7 Å². The Morgan fingerprint density at radius 3 is 2.71 bits per heavy atom. The van der Waals surface area contributed by atoms with Crippen LogP contribution in [0.1, 0.15) is 26.7 Å². The number of hydrogen-bond donors (Lipinski definition) is 0. The summed E-state index contributed by atoms with van der Waals surface area (Å²) < 4.78 is 21.3. The lowest BCUT2D eigenvalue weighted by Crippen LogP contribution is -2.13. The summed E-state index contributed by atoms with van der Waals surface area (Å²) in [5.74, 6) is -0.260. The van der Waals surface area contributed by atoms with Crippen molar-refractivity contribution in [2.45, 2.75) is 26.7 Å². The summed E-state index contributed by atoms with van der Waals surface area (Å²) in [5, 5.41) is 0.383. The van der Waals surface area contributed by atoms with Gasteiger partial charge in [0.25, 0.3) is 0 Å². The van der Waals surface area contributed by atoms with Gasteiger partial charge in [0.05, 0.1) is 13.7 Å². The van der Waals surface area contributed by atoms with Crippen LogP contribution in [0, 0.1) is 0 Å². The van der Waals surface area contributed by atoms with E-state index in [4.69, 9.17) is 18.6 Å². The summed E-state index contributed by atoms with van der Waals surface area (Å²) in [6.45, 7) is 3.54. The highest BCUT2D eigenvalue weighted by atomic mass is 16.6. The fourth-order valence-corrected chi connectivity index (χ4v) is 2.22. The molecule has 0 spiro atoms. The van der Waals surface area contributed by atoms with E-state index < -0.39 is 11.6 Å². The average molecular weight is 332 g/mol. The molecule has 1 aromatic carbocycles. The van der Waals surface area contributed by atoms with E-state index in [0.717, 1.165) is 6.42 Å². The quantitative estimate of drug-likeness (QED) is 0.334. The summed E-state index contributed by atoms with van der Waals surface area (Å²) >= 11 is 0. The molecule has 0 N–H and O–H groups in total. The van der Waals surface area contributed by atoms with Crippen molar-refractivity contribution in [1.82, 2.24) is 0 Å². The highest BCUT2D eigenvalue weighted by molar-refractivity contribution is 5.93. The Labute approximate surface area is 139 Å². The molecule has 0 aliphatic rings. The van der Waals surface area contributed by atoms with Gasteiger partial charge in [-0.3, -0.25) is 4.79 Å². The van der Waals surface area contributed by atoms with Gasteiger partial charge in [-0.05, 0) is 25.0 Å². The predicted octanol–water partition coefficient (Wildman–Crippen LogP) is 3.46. The Balaban J connectivity index is 2.51. The zero-order valence-corrected chi connectivity index (χ0v) is 14.0. The Bertz CT molecular complexity index is 803. The monoisotopic (exact) mass is 332 g/mol. The van der Waals surface area contributed by atoms with Crippen LogP contribution in [-0.2, 0) is 4.79 Å². The minimum atomic E-state index is -0.702. The number of carbonyl (C=O) groups excluding carboxylic acids is 1. The number of fused-ring (bicyclic) bond motifs is 1. The molecule has 1 heterocycles. The van der Waals surface area contributed by atoms with Gasteiger partial charge in [0.1, 0.15) is 16.7 Å². The van der Waals surface area contributed by atoms with Crippen molar-refractivity contribution in [2.24, 2.45) is 0 Å². The van der Waals surface area contributed by atoms with Crippen LogP contribution in [0.5, 0.6) is 17.2 Å². The molecule has 0 aliphatic heterocycles. The fraction of sp³-hybridized carbons (Fsp3) is 0.333. The Hall–Kier alpha value is -2.76. The predicted molar refractivity (Wildman–Crippen MR) is 89.9 cm³/mol. The molecule has 0 unspecified atom stereocenters. The van der Waals surface area contributed by atoms with Gasteiger partial charge in [-0.25, -0.2) is 4.79 Å². The number of esters is 1. The molecule has 0 amide bonds. The number of hydrogen-bond acceptors (Lipinski definition) is 6. The standard InChI is InChI=1S/C18H20O6/c1-4-5-6-7-11-22-17-16(23-12(2)19)15-13(21-3)9-8-10-14(15)24-18(17)20/h5-6,8-10H,4,7,11H2,1-3H3. The Morgan fingerprint density at radius 1 is 1.25 bits per heavy atom. The first-order valence-electron chi connectivity index (χ1n) is 7.68. The maximum absolute atomic E-state index is 12.2. The van der Waals surface area contributed by atoms with E-state index in [0.29, 0.717) is 17.6 Å². The maximum atomic E-state index is 12.2. The topological polar surface area (TPSA) is 75.0 Å². The zero-order chi connectivity index (χ0) is 17.5. The Morgan fingerprint density at radius 2 is 2.04 bits per heavy atom. The first-order chi connectivity index (χ1) is 11.6. The van der Waals surface area contributed by atoms with Crippen LogP contribution in [-0.4, -0.2) is 19.7 Å². The number of benzene rings is 1. The molecule has 0 aliphatic carbocycles. The van der Waals surface area contributed by atoms with Gasteiger partial charge in [0.2, 0.25) is 5.75 Å². The minimum absolute atomic E-state index is 0.0191. The lowest BCUT2D eigenvalue weighted by Gasteiger charge is -2.13. The van der Waals surface area contributed by atoms with Crippen molar-refractivity contribution in [3.63, 3.8) is 0 Å². The van der Waals surface area contributed by atoms with Gasteiger partial charge in [-0.15, -0.1) is 0 Å². The number of carbonyl (C=O) groups is 1. The zero-order valence-electron chi connectivity index (χ0n) is 14.0. The molecule has 0 fully saturated rings. The van der Waals surface area contributed by atoms with Gasteiger partial charge >= 0.3 is 11.6 Å².